The Morgan fingerprint density at radius 1 is 1.00 bits per heavy atom. The highest BCUT2D eigenvalue weighted by Crippen LogP contribution is 2.48. The van der Waals surface area contributed by atoms with E-state index in [1.165, 1.54) is 18.3 Å². The smallest absolute Gasteiger partial charge is 0.400 e. The highest BCUT2D eigenvalue weighted by atomic mass is 16.7. The molecule has 0 radical (unpaired) electrons. The highest BCUT2D eigenvalue weighted by molar-refractivity contribution is 6.54. The van der Waals surface area contributed by atoms with E-state index < -0.39 is 0 Å². The second-order valence-electron chi connectivity index (χ2n) is 7.36. The Bertz CT molecular complexity index is 378. The summed E-state index contributed by atoms with van der Waals surface area (Å²) in [5.74, 6) is 0. The molecule has 4 heteroatoms. The summed E-state index contributed by atoms with van der Waals surface area (Å²) in [5.41, 5.74) is 1.31. The minimum absolute atomic E-state index is 0.146. The molecule has 0 saturated carbocycles. The zero-order valence-corrected chi connectivity index (χ0v) is 12.6. The van der Waals surface area contributed by atoms with Gasteiger partial charge >= 0.3 is 7.12 Å². The SMILES string of the molecule is CC1(C)OB(C2=CCC3(CCOCC3)C2)OC1(C)C. The molecule has 19 heavy (non-hydrogen) atoms. The molecule has 0 atom stereocenters. The van der Waals surface area contributed by atoms with E-state index in [0.29, 0.717) is 5.41 Å². The maximum absolute atomic E-state index is 6.16. The summed E-state index contributed by atoms with van der Waals surface area (Å²) in [4.78, 5) is 0. The third-order valence-electron chi connectivity index (χ3n) is 5.49. The lowest BCUT2D eigenvalue weighted by molar-refractivity contribution is 0.00578. The fourth-order valence-electron chi connectivity index (χ4n) is 3.28. The zero-order chi connectivity index (χ0) is 13.7. The van der Waals surface area contributed by atoms with Gasteiger partial charge in [-0.05, 0) is 64.3 Å². The van der Waals surface area contributed by atoms with Crippen molar-refractivity contribution in [1.82, 2.24) is 0 Å². The minimum Gasteiger partial charge on any atom is -0.400 e. The van der Waals surface area contributed by atoms with Crippen molar-refractivity contribution in [3.63, 3.8) is 0 Å². The molecule has 0 N–H and O–H groups in total. The van der Waals surface area contributed by atoms with E-state index >= 15 is 0 Å². The average Bonchev–Trinajstić information content (AvgIpc) is 2.81. The van der Waals surface area contributed by atoms with Gasteiger partial charge in [0.15, 0.2) is 0 Å². The van der Waals surface area contributed by atoms with E-state index in [4.69, 9.17) is 14.0 Å². The Labute approximate surface area is 116 Å². The summed E-state index contributed by atoms with van der Waals surface area (Å²) in [6.45, 7) is 10.3. The summed E-state index contributed by atoms with van der Waals surface area (Å²) in [5, 5.41) is 0. The lowest BCUT2D eigenvalue weighted by atomic mass is 9.70. The maximum atomic E-state index is 6.16. The fraction of sp³-hybridized carbons (Fsp3) is 0.867. The van der Waals surface area contributed by atoms with Gasteiger partial charge < -0.3 is 14.0 Å². The average molecular weight is 264 g/mol. The zero-order valence-electron chi connectivity index (χ0n) is 12.6. The van der Waals surface area contributed by atoms with Gasteiger partial charge in [0.1, 0.15) is 0 Å². The standard InChI is InChI=1S/C15H25BO3/c1-13(2)14(3,4)19-16(18-13)12-5-6-15(11-12)7-9-17-10-8-15/h5H,6-11H2,1-4H3. The predicted octanol–water partition coefficient (Wildman–Crippen LogP) is 3.13. The molecule has 3 nitrogen and oxygen atoms in total. The molecule has 2 aliphatic heterocycles. The van der Waals surface area contributed by atoms with E-state index in [1.54, 1.807) is 0 Å². The number of ether oxygens (including phenoxy) is 1. The molecule has 1 spiro atoms. The number of hydrogen-bond donors (Lipinski definition) is 0. The fourth-order valence-corrected chi connectivity index (χ4v) is 3.28. The van der Waals surface area contributed by atoms with Crippen LogP contribution in [0.25, 0.3) is 0 Å². The molecule has 2 heterocycles. The molecule has 2 fully saturated rings. The number of rotatable bonds is 1. The molecule has 1 aliphatic carbocycles. The first-order valence-corrected chi connectivity index (χ1v) is 7.46. The van der Waals surface area contributed by atoms with Crippen molar-refractivity contribution < 1.29 is 14.0 Å². The normalized spacial score (nSPS) is 31.8. The highest BCUT2D eigenvalue weighted by Gasteiger charge is 2.54. The maximum Gasteiger partial charge on any atom is 0.490 e. The molecule has 106 valence electrons. The largest absolute Gasteiger partial charge is 0.490 e. The summed E-state index contributed by atoms with van der Waals surface area (Å²) in [7, 11) is -0.146. The van der Waals surface area contributed by atoms with Crippen molar-refractivity contribution in [1.29, 1.82) is 0 Å². The van der Waals surface area contributed by atoms with Crippen LogP contribution in [0.4, 0.5) is 0 Å². The van der Waals surface area contributed by atoms with Gasteiger partial charge in [-0.15, -0.1) is 0 Å². The summed E-state index contributed by atoms with van der Waals surface area (Å²) in [6.07, 6.45) is 6.98. The van der Waals surface area contributed by atoms with Crippen LogP contribution in [-0.4, -0.2) is 31.5 Å². The van der Waals surface area contributed by atoms with Gasteiger partial charge in [-0.3, -0.25) is 0 Å². The molecular weight excluding hydrogens is 239 g/mol. The van der Waals surface area contributed by atoms with Crippen LogP contribution in [0.5, 0.6) is 0 Å². The number of hydrogen-bond acceptors (Lipinski definition) is 3. The molecule has 0 aromatic carbocycles. The van der Waals surface area contributed by atoms with Crippen molar-refractivity contribution in [2.24, 2.45) is 5.41 Å². The van der Waals surface area contributed by atoms with Crippen LogP contribution in [0.15, 0.2) is 11.5 Å². The summed E-state index contributed by atoms with van der Waals surface area (Å²) >= 11 is 0. The van der Waals surface area contributed by atoms with Crippen LogP contribution in [-0.2, 0) is 14.0 Å². The monoisotopic (exact) mass is 264 g/mol. The van der Waals surface area contributed by atoms with Gasteiger partial charge in [0, 0.05) is 13.2 Å². The molecule has 2 saturated heterocycles. The third-order valence-corrected chi connectivity index (χ3v) is 5.49. The first-order valence-electron chi connectivity index (χ1n) is 7.46. The summed E-state index contributed by atoms with van der Waals surface area (Å²) in [6, 6.07) is 0. The van der Waals surface area contributed by atoms with Crippen molar-refractivity contribution in [3.05, 3.63) is 11.5 Å². The van der Waals surface area contributed by atoms with Crippen LogP contribution in [0, 0.1) is 5.41 Å². The number of allylic oxidation sites excluding steroid dienone is 2. The molecule has 0 amide bonds. The first kappa shape index (κ1) is 13.7. The van der Waals surface area contributed by atoms with E-state index in [0.717, 1.165) is 26.1 Å². The van der Waals surface area contributed by atoms with E-state index in [2.05, 4.69) is 33.8 Å². The second kappa shape index (κ2) is 4.34. The van der Waals surface area contributed by atoms with E-state index in [1.807, 2.05) is 0 Å². The predicted molar refractivity (Wildman–Crippen MR) is 75.9 cm³/mol. The van der Waals surface area contributed by atoms with Gasteiger partial charge in [-0.2, -0.15) is 0 Å². The van der Waals surface area contributed by atoms with E-state index in [9.17, 15) is 0 Å². The minimum atomic E-state index is -0.232. The molecule has 0 unspecified atom stereocenters. The Balaban J connectivity index is 1.69. The van der Waals surface area contributed by atoms with Crippen LogP contribution in [0.3, 0.4) is 0 Å². The van der Waals surface area contributed by atoms with Gasteiger partial charge in [0.2, 0.25) is 0 Å². The topological polar surface area (TPSA) is 27.7 Å². The molecular formula is C15H25BO3. The Kier molecular flexibility index (Phi) is 3.12. The van der Waals surface area contributed by atoms with Crippen LogP contribution < -0.4 is 0 Å². The quantitative estimate of drug-likeness (QED) is 0.681. The molecule has 3 aliphatic rings. The van der Waals surface area contributed by atoms with E-state index in [-0.39, 0.29) is 18.3 Å². The van der Waals surface area contributed by atoms with Gasteiger partial charge in [-0.1, -0.05) is 6.08 Å². The molecule has 3 rings (SSSR count). The molecule has 0 aromatic heterocycles. The Hall–Kier alpha value is -0.315. The third kappa shape index (κ3) is 2.28. The van der Waals surface area contributed by atoms with Crippen molar-refractivity contribution in [2.45, 2.75) is 64.6 Å². The molecule has 0 aromatic rings. The second-order valence-corrected chi connectivity index (χ2v) is 7.36. The summed E-state index contributed by atoms with van der Waals surface area (Å²) < 4.78 is 17.8. The van der Waals surface area contributed by atoms with Gasteiger partial charge in [0.25, 0.3) is 0 Å². The van der Waals surface area contributed by atoms with Crippen LogP contribution in [0.1, 0.15) is 53.4 Å². The van der Waals surface area contributed by atoms with Crippen LogP contribution >= 0.6 is 0 Å². The van der Waals surface area contributed by atoms with Gasteiger partial charge in [-0.25, -0.2) is 0 Å². The first-order chi connectivity index (χ1) is 8.84. The lowest BCUT2D eigenvalue weighted by Gasteiger charge is -2.33. The van der Waals surface area contributed by atoms with Crippen molar-refractivity contribution in [2.75, 3.05) is 13.2 Å². The van der Waals surface area contributed by atoms with Crippen molar-refractivity contribution in [3.8, 4) is 0 Å². The van der Waals surface area contributed by atoms with Crippen LogP contribution in [0.2, 0.25) is 0 Å². The Morgan fingerprint density at radius 2 is 1.58 bits per heavy atom. The van der Waals surface area contributed by atoms with Gasteiger partial charge in [0.05, 0.1) is 11.2 Å². The molecule has 0 bridgehead atoms. The Morgan fingerprint density at radius 3 is 2.16 bits per heavy atom. The van der Waals surface area contributed by atoms with Crippen molar-refractivity contribution >= 4 is 7.12 Å². The lowest BCUT2D eigenvalue weighted by Crippen LogP contribution is -2.41.